The van der Waals surface area contributed by atoms with Crippen molar-refractivity contribution < 1.29 is 27.5 Å². The van der Waals surface area contributed by atoms with Crippen LogP contribution in [0.3, 0.4) is 0 Å². The third-order valence-corrected chi connectivity index (χ3v) is 7.91. The van der Waals surface area contributed by atoms with Gasteiger partial charge in [-0.2, -0.15) is 0 Å². The predicted octanol–water partition coefficient (Wildman–Crippen LogP) is 4.23. The fourth-order valence-corrected chi connectivity index (χ4v) is 5.46. The molecule has 0 aromatic heterocycles. The molecule has 9 nitrogen and oxygen atoms in total. The van der Waals surface area contributed by atoms with Gasteiger partial charge in [0.2, 0.25) is 11.8 Å². The molecule has 0 bridgehead atoms. The standard InChI is InChI=1S/C30H37N3O6S/c1-22(29(35)31-30(2,3)4)32(20-23-11-10-12-26(19-23)39-6)28(34)21-33(24-15-17-25(38-5)18-16-24)40(36,37)27-13-8-7-9-14-27/h7-19,22H,20-21H2,1-6H3,(H,31,35)/t22-/m0/s1. The number of nitrogens with zero attached hydrogens (tertiary/aromatic N) is 2. The molecule has 214 valence electrons. The van der Waals surface area contributed by atoms with Crippen LogP contribution in [-0.4, -0.2) is 57.5 Å². The molecule has 1 N–H and O–H groups in total. The van der Waals surface area contributed by atoms with E-state index in [4.69, 9.17) is 9.47 Å². The van der Waals surface area contributed by atoms with Gasteiger partial charge in [-0.05, 0) is 81.8 Å². The van der Waals surface area contributed by atoms with Crippen LogP contribution in [0.5, 0.6) is 11.5 Å². The lowest BCUT2D eigenvalue weighted by Gasteiger charge is -2.33. The molecular formula is C30H37N3O6S. The van der Waals surface area contributed by atoms with Gasteiger partial charge in [0.1, 0.15) is 24.1 Å². The summed E-state index contributed by atoms with van der Waals surface area (Å²) in [5, 5.41) is 2.91. The molecule has 40 heavy (non-hydrogen) atoms. The van der Waals surface area contributed by atoms with Gasteiger partial charge in [0.05, 0.1) is 24.8 Å². The quantitative estimate of drug-likeness (QED) is 0.372. The van der Waals surface area contributed by atoms with Crippen molar-refractivity contribution in [1.82, 2.24) is 10.2 Å². The molecule has 0 aliphatic heterocycles. The maximum absolute atomic E-state index is 14.0. The number of ether oxygens (including phenoxy) is 2. The Bertz CT molecular complexity index is 1400. The Morgan fingerprint density at radius 2 is 1.50 bits per heavy atom. The molecule has 0 saturated carbocycles. The van der Waals surface area contributed by atoms with E-state index in [1.54, 1.807) is 74.7 Å². The normalized spacial score (nSPS) is 12.2. The van der Waals surface area contributed by atoms with Gasteiger partial charge in [-0.1, -0.05) is 30.3 Å². The van der Waals surface area contributed by atoms with Crippen LogP contribution in [0.25, 0.3) is 0 Å². The van der Waals surface area contributed by atoms with Crippen LogP contribution in [0.4, 0.5) is 5.69 Å². The van der Waals surface area contributed by atoms with Crippen LogP contribution in [0.15, 0.2) is 83.8 Å². The summed E-state index contributed by atoms with van der Waals surface area (Å²) in [6, 6.07) is 20.6. The molecule has 0 radical (unpaired) electrons. The molecule has 0 unspecified atom stereocenters. The summed E-state index contributed by atoms with van der Waals surface area (Å²) in [5.74, 6) is 0.239. The Hall–Kier alpha value is -4.05. The smallest absolute Gasteiger partial charge is 0.264 e. The van der Waals surface area contributed by atoms with Gasteiger partial charge in [0.25, 0.3) is 10.0 Å². The monoisotopic (exact) mass is 567 g/mol. The van der Waals surface area contributed by atoms with E-state index in [9.17, 15) is 18.0 Å². The number of benzene rings is 3. The second kappa shape index (κ2) is 12.9. The van der Waals surface area contributed by atoms with E-state index in [0.29, 0.717) is 11.5 Å². The first kappa shape index (κ1) is 30.5. The van der Waals surface area contributed by atoms with Gasteiger partial charge >= 0.3 is 0 Å². The minimum Gasteiger partial charge on any atom is -0.497 e. The summed E-state index contributed by atoms with van der Waals surface area (Å²) >= 11 is 0. The highest BCUT2D eigenvalue weighted by atomic mass is 32.2. The SMILES string of the molecule is COc1ccc(N(CC(=O)N(Cc2cccc(OC)c2)[C@@H](C)C(=O)NC(C)(C)C)S(=O)(=O)c2ccccc2)cc1. The van der Waals surface area contributed by atoms with Gasteiger partial charge in [-0.15, -0.1) is 0 Å². The summed E-state index contributed by atoms with van der Waals surface area (Å²) in [7, 11) is -1.08. The van der Waals surface area contributed by atoms with Crippen LogP contribution < -0.4 is 19.1 Å². The highest BCUT2D eigenvalue weighted by Gasteiger charge is 2.33. The highest BCUT2D eigenvalue weighted by molar-refractivity contribution is 7.92. The van der Waals surface area contributed by atoms with E-state index < -0.39 is 34.1 Å². The van der Waals surface area contributed by atoms with Crippen molar-refractivity contribution in [3.05, 3.63) is 84.4 Å². The molecule has 1 atom stereocenters. The number of methoxy groups -OCH3 is 2. The van der Waals surface area contributed by atoms with Crippen molar-refractivity contribution in [1.29, 1.82) is 0 Å². The van der Waals surface area contributed by atoms with Crippen molar-refractivity contribution in [3.63, 3.8) is 0 Å². The summed E-state index contributed by atoms with van der Waals surface area (Å²) < 4.78 is 39.2. The van der Waals surface area contributed by atoms with Crippen LogP contribution in [0.1, 0.15) is 33.3 Å². The second-order valence-electron chi connectivity index (χ2n) is 10.3. The van der Waals surface area contributed by atoms with Gasteiger partial charge in [-0.3, -0.25) is 13.9 Å². The lowest BCUT2D eigenvalue weighted by Crippen LogP contribution is -2.54. The predicted molar refractivity (Wildman–Crippen MR) is 155 cm³/mol. The van der Waals surface area contributed by atoms with Crippen molar-refractivity contribution >= 4 is 27.5 Å². The van der Waals surface area contributed by atoms with Crippen LogP contribution in [0.2, 0.25) is 0 Å². The fraction of sp³-hybridized carbons (Fsp3) is 0.333. The molecule has 0 aliphatic carbocycles. The lowest BCUT2D eigenvalue weighted by molar-refractivity contribution is -0.140. The summed E-state index contributed by atoms with van der Waals surface area (Å²) in [5.41, 5.74) is 0.484. The molecule has 0 fully saturated rings. The minimum atomic E-state index is -4.14. The molecule has 3 rings (SSSR count). The zero-order valence-electron chi connectivity index (χ0n) is 23.7. The Balaban J connectivity index is 2.04. The molecule has 10 heteroatoms. The number of amides is 2. The van der Waals surface area contributed by atoms with Crippen molar-refractivity contribution in [2.45, 2.75) is 50.7 Å². The first-order chi connectivity index (χ1) is 18.9. The Morgan fingerprint density at radius 1 is 0.875 bits per heavy atom. The Morgan fingerprint density at radius 3 is 2.08 bits per heavy atom. The first-order valence-corrected chi connectivity index (χ1v) is 14.3. The van der Waals surface area contributed by atoms with E-state index in [-0.39, 0.29) is 23.0 Å². The summed E-state index contributed by atoms with van der Waals surface area (Å²) in [6.45, 7) is 6.72. The minimum absolute atomic E-state index is 0.0384. The molecule has 2 amide bonds. The number of carbonyl (C=O) groups is 2. The number of sulfonamides is 1. The van der Waals surface area contributed by atoms with E-state index in [0.717, 1.165) is 9.87 Å². The van der Waals surface area contributed by atoms with E-state index in [2.05, 4.69) is 5.32 Å². The molecule has 3 aromatic carbocycles. The van der Waals surface area contributed by atoms with Gasteiger partial charge < -0.3 is 19.7 Å². The lowest BCUT2D eigenvalue weighted by atomic mass is 10.1. The molecule has 3 aromatic rings. The van der Waals surface area contributed by atoms with Gasteiger partial charge in [0, 0.05) is 12.1 Å². The van der Waals surface area contributed by atoms with Gasteiger partial charge in [-0.25, -0.2) is 8.42 Å². The Kier molecular flexibility index (Phi) is 9.81. The number of nitrogens with one attached hydrogen (secondary N) is 1. The number of hydrogen-bond donors (Lipinski definition) is 1. The zero-order valence-corrected chi connectivity index (χ0v) is 24.6. The maximum Gasteiger partial charge on any atom is 0.264 e. The second-order valence-corrected chi connectivity index (χ2v) is 12.2. The summed E-state index contributed by atoms with van der Waals surface area (Å²) in [4.78, 5) is 28.6. The third-order valence-electron chi connectivity index (χ3n) is 6.12. The molecular weight excluding hydrogens is 530 g/mol. The molecule has 0 spiro atoms. The topological polar surface area (TPSA) is 105 Å². The number of carbonyl (C=O) groups excluding carboxylic acids is 2. The van der Waals surface area contributed by atoms with E-state index in [1.165, 1.54) is 24.1 Å². The van der Waals surface area contributed by atoms with Crippen molar-refractivity contribution in [2.75, 3.05) is 25.1 Å². The zero-order chi connectivity index (χ0) is 29.5. The van der Waals surface area contributed by atoms with Crippen LogP contribution >= 0.6 is 0 Å². The van der Waals surface area contributed by atoms with Crippen molar-refractivity contribution in [2.24, 2.45) is 0 Å². The first-order valence-electron chi connectivity index (χ1n) is 12.8. The average molecular weight is 568 g/mol. The largest absolute Gasteiger partial charge is 0.497 e. The van der Waals surface area contributed by atoms with Crippen molar-refractivity contribution in [3.8, 4) is 11.5 Å². The molecule has 0 aliphatic rings. The third kappa shape index (κ3) is 7.75. The van der Waals surface area contributed by atoms with Crippen LogP contribution in [-0.2, 0) is 26.2 Å². The summed E-state index contributed by atoms with van der Waals surface area (Å²) in [6.07, 6.45) is 0. The number of rotatable bonds is 11. The number of anilines is 1. The molecule has 0 saturated heterocycles. The Labute approximate surface area is 236 Å². The molecule has 0 heterocycles. The van der Waals surface area contributed by atoms with Crippen LogP contribution in [0, 0.1) is 0 Å². The number of hydrogen-bond acceptors (Lipinski definition) is 6. The fourth-order valence-electron chi connectivity index (χ4n) is 4.02. The van der Waals surface area contributed by atoms with Gasteiger partial charge in [0.15, 0.2) is 0 Å². The maximum atomic E-state index is 14.0. The van der Waals surface area contributed by atoms with E-state index in [1.807, 2.05) is 26.8 Å². The van der Waals surface area contributed by atoms with E-state index >= 15 is 0 Å². The average Bonchev–Trinajstić information content (AvgIpc) is 2.93. The highest BCUT2D eigenvalue weighted by Crippen LogP contribution is 2.26.